The fourth-order valence-corrected chi connectivity index (χ4v) is 2.60. The summed E-state index contributed by atoms with van der Waals surface area (Å²) in [6, 6.07) is 16.1. The Labute approximate surface area is 150 Å². The molecule has 3 aromatic rings. The van der Waals surface area contributed by atoms with Gasteiger partial charge in [-0.05, 0) is 47.5 Å². The van der Waals surface area contributed by atoms with Crippen LogP contribution in [0.25, 0.3) is 5.69 Å². The molecule has 8 heteroatoms. The Morgan fingerprint density at radius 3 is 2.69 bits per heavy atom. The standard InChI is InChI=1S/C18H20N6O2/c1-13-21-22-23-24(13)17-9-5-8-15(11-17)19-18(26)20-16(12-25)10-14-6-3-2-4-7-14/h2-9,11,16,25H,10,12H2,1H3,(H2,19,20,26). The van der Waals surface area contributed by atoms with Gasteiger partial charge in [-0.3, -0.25) is 0 Å². The van der Waals surface area contributed by atoms with E-state index in [1.54, 1.807) is 29.8 Å². The number of rotatable bonds is 6. The first-order chi connectivity index (χ1) is 12.7. The van der Waals surface area contributed by atoms with Gasteiger partial charge in [0, 0.05) is 5.69 Å². The second kappa shape index (κ2) is 8.21. The van der Waals surface area contributed by atoms with Gasteiger partial charge in [0.25, 0.3) is 0 Å². The van der Waals surface area contributed by atoms with Crippen molar-refractivity contribution in [3.05, 3.63) is 66.0 Å². The number of tetrazole rings is 1. The van der Waals surface area contributed by atoms with Crippen LogP contribution in [-0.2, 0) is 6.42 Å². The predicted molar refractivity (Wildman–Crippen MR) is 97.1 cm³/mol. The summed E-state index contributed by atoms with van der Waals surface area (Å²) < 4.78 is 1.58. The summed E-state index contributed by atoms with van der Waals surface area (Å²) in [7, 11) is 0. The number of aliphatic hydroxyl groups is 1. The molecule has 1 unspecified atom stereocenters. The minimum Gasteiger partial charge on any atom is -0.394 e. The van der Waals surface area contributed by atoms with Crippen molar-refractivity contribution in [3.8, 4) is 5.69 Å². The van der Waals surface area contributed by atoms with E-state index in [9.17, 15) is 9.90 Å². The van der Waals surface area contributed by atoms with E-state index in [-0.39, 0.29) is 18.7 Å². The summed E-state index contributed by atoms with van der Waals surface area (Å²) in [4.78, 5) is 12.3. The highest BCUT2D eigenvalue weighted by Crippen LogP contribution is 2.14. The van der Waals surface area contributed by atoms with Gasteiger partial charge < -0.3 is 15.7 Å². The van der Waals surface area contributed by atoms with Gasteiger partial charge in [0.2, 0.25) is 0 Å². The number of anilines is 1. The molecule has 26 heavy (non-hydrogen) atoms. The van der Waals surface area contributed by atoms with E-state index in [0.717, 1.165) is 11.3 Å². The predicted octanol–water partition coefficient (Wildman–Crippen LogP) is 1.70. The maximum atomic E-state index is 12.3. The van der Waals surface area contributed by atoms with E-state index in [1.165, 1.54) is 0 Å². The normalized spacial score (nSPS) is 11.8. The Morgan fingerprint density at radius 2 is 2.00 bits per heavy atom. The van der Waals surface area contributed by atoms with Crippen LogP contribution in [0.15, 0.2) is 54.6 Å². The lowest BCUT2D eigenvalue weighted by molar-refractivity contribution is 0.224. The largest absolute Gasteiger partial charge is 0.394 e. The molecule has 0 saturated heterocycles. The van der Waals surface area contributed by atoms with Crippen molar-refractivity contribution in [3.63, 3.8) is 0 Å². The average molecular weight is 352 g/mol. The van der Waals surface area contributed by atoms with Gasteiger partial charge in [0.1, 0.15) is 0 Å². The Hall–Kier alpha value is -3.26. The van der Waals surface area contributed by atoms with Gasteiger partial charge in [-0.15, -0.1) is 5.10 Å². The number of carbonyl (C=O) groups excluding carboxylic acids is 1. The maximum absolute atomic E-state index is 12.3. The summed E-state index contributed by atoms with van der Waals surface area (Å²) in [5.41, 5.74) is 2.39. The van der Waals surface area contributed by atoms with E-state index in [1.807, 2.05) is 36.4 Å². The number of urea groups is 1. The average Bonchev–Trinajstić information content (AvgIpc) is 3.08. The van der Waals surface area contributed by atoms with Crippen molar-refractivity contribution in [2.75, 3.05) is 11.9 Å². The van der Waals surface area contributed by atoms with Crippen LogP contribution >= 0.6 is 0 Å². The Bertz CT molecular complexity index is 865. The zero-order chi connectivity index (χ0) is 18.4. The number of nitrogens with one attached hydrogen (secondary N) is 2. The lowest BCUT2D eigenvalue weighted by Crippen LogP contribution is -2.41. The van der Waals surface area contributed by atoms with Crippen LogP contribution in [-0.4, -0.2) is 44.0 Å². The number of aryl methyl sites for hydroxylation is 1. The number of aliphatic hydroxyl groups excluding tert-OH is 1. The van der Waals surface area contributed by atoms with Crippen LogP contribution in [0.5, 0.6) is 0 Å². The summed E-state index contributed by atoms with van der Waals surface area (Å²) >= 11 is 0. The summed E-state index contributed by atoms with van der Waals surface area (Å²) in [5, 5.41) is 26.5. The van der Waals surface area contributed by atoms with Crippen molar-refractivity contribution in [2.45, 2.75) is 19.4 Å². The summed E-state index contributed by atoms with van der Waals surface area (Å²) in [6.07, 6.45) is 0.550. The van der Waals surface area contributed by atoms with Crippen LogP contribution < -0.4 is 10.6 Å². The molecule has 0 aliphatic carbocycles. The molecular weight excluding hydrogens is 332 g/mol. The van der Waals surface area contributed by atoms with Gasteiger partial charge in [0.15, 0.2) is 5.82 Å². The number of nitrogens with zero attached hydrogens (tertiary/aromatic N) is 4. The monoisotopic (exact) mass is 352 g/mol. The number of carbonyl (C=O) groups is 1. The molecule has 2 amide bonds. The van der Waals surface area contributed by atoms with E-state index in [4.69, 9.17) is 0 Å². The number of hydrogen-bond donors (Lipinski definition) is 3. The van der Waals surface area contributed by atoms with Crippen molar-refractivity contribution >= 4 is 11.7 Å². The van der Waals surface area contributed by atoms with Gasteiger partial charge >= 0.3 is 6.03 Å². The molecule has 3 rings (SSSR count). The zero-order valence-corrected chi connectivity index (χ0v) is 14.3. The topological polar surface area (TPSA) is 105 Å². The number of benzene rings is 2. The molecule has 134 valence electrons. The molecule has 8 nitrogen and oxygen atoms in total. The third-order valence-electron chi connectivity index (χ3n) is 3.85. The van der Waals surface area contributed by atoms with E-state index in [2.05, 4.69) is 26.2 Å². The summed E-state index contributed by atoms with van der Waals surface area (Å²) in [5.74, 6) is 0.648. The van der Waals surface area contributed by atoms with Crippen LogP contribution in [0.4, 0.5) is 10.5 Å². The second-order valence-electron chi connectivity index (χ2n) is 5.86. The number of amides is 2. The molecule has 0 aliphatic heterocycles. The van der Waals surface area contributed by atoms with E-state index in [0.29, 0.717) is 17.9 Å². The molecule has 0 fully saturated rings. The summed E-state index contributed by atoms with van der Waals surface area (Å²) in [6.45, 7) is 1.65. The van der Waals surface area contributed by atoms with Crippen molar-refractivity contribution in [2.24, 2.45) is 0 Å². The third kappa shape index (κ3) is 4.42. The first-order valence-electron chi connectivity index (χ1n) is 8.23. The first kappa shape index (κ1) is 17.6. The van der Waals surface area contributed by atoms with Gasteiger partial charge in [-0.25, -0.2) is 4.79 Å². The highest BCUT2D eigenvalue weighted by atomic mass is 16.3. The molecule has 1 atom stereocenters. The third-order valence-corrected chi connectivity index (χ3v) is 3.85. The minimum absolute atomic E-state index is 0.147. The quantitative estimate of drug-likeness (QED) is 0.626. The molecule has 2 aromatic carbocycles. The van der Waals surface area contributed by atoms with Crippen LogP contribution in [0, 0.1) is 6.92 Å². The van der Waals surface area contributed by atoms with E-state index >= 15 is 0 Å². The van der Waals surface area contributed by atoms with Crippen LogP contribution in [0.1, 0.15) is 11.4 Å². The molecule has 0 saturated carbocycles. The van der Waals surface area contributed by atoms with Crippen LogP contribution in [0.2, 0.25) is 0 Å². The highest BCUT2D eigenvalue weighted by Gasteiger charge is 2.13. The zero-order valence-electron chi connectivity index (χ0n) is 14.3. The fraction of sp³-hybridized carbons (Fsp3) is 0.222. The number of aromatic nitrogens is 4. The van der Waals surface area contributed by atoms with Crippen molar-refractivity contribution in [1.29, 1.82) is 0 Å². The van der Waals surface area contributed by atoms with Crippen LogP contribution in [0.3, 0.4) is 0 Å². The van der Waals surface area contributed by atoms with E-state index < -0.39 is 0 Å². The lowest BCUT2D eigenvalue weighted by atomic mass is 10.1. The van der Waals surface area contributed by atoms with Crippen molar-refractivity contribution in [1.82, 2.24) is 25.5 Å². The maximum Gasteiger partial charge on any atom is 0.319 e. The van der Waals surface area contributed by atoms with Crippen molar-refractivity contribution < 1.29 is 9.90 Å². The molecule has 0 bridgehead atoms. The molecule has 1 heterocycles. The second-order valence-corrected chi connectivity index (χ2v) is 5.86. The molecule has 0 aliphatic rings. The van der Waals surface area contributed by atoms with Gasteiger partial charge in [-0.2, -0.15) is 4.68 Å². The molecule has 1 aromatic heterocycles. The number of hydrogen-bond acceptors (Lipinski definition) is 5. The molecular formula is C18H20N6O2. The molecule has 0 spiro atoms. The molecule has 3 N–H and O–H groups in total. The Balaban J connectivity index is 1.63. The minimum atomic E-state index is -0.384. The lowest BCUT2D eigenvalue weighted by Gasteiger charge is -2.17. The highest BCUT2D eigenvalue weighted by molar-refractivity contribution is 5.89. The van der Waals surface area contributed by atoms with Gasteiger partial charge in [-0.1, -0.05) is 36.4 Å². The SMILES string of the molecule is Cc1nnnn1-c1cccc(NC(=O)NC(CO)Cc2ccccc2)c1. The fourth-order valence-electron chi connectivity index (χ4n) is 2.60. The smallest absolute Gasteiger partial charge is 0.319 e. The Kier molecular flexibility index (Phi) is 5.55. The first-order valence-corrected chi connectivity index (χ1v) is 8.23. The van der Waals surface area contributed by atoms with Gasteiger partial charge in [0.05, 0.1) is 18.3 Å². The Morgan fingerprint density at radius 1 is 1.19 bits per heavy atom. The molecule has 0 radical (unpaired) electrons.